The molecular weight excluding hydrogens is 542 g/mol. The zero-order valence-corrected chi connectivity index (χ0v) is 23.4. The molecular formula is C30H29N5O7. The van der Waals surface area contributed by atoms with Crippen molar-refractivity contribution in [3.05, 3.63) is 88.6 Å². The molecule has 0 bridgehead atoms. The minimum Gasteiger partial charge on any atom is -0.507 e. The van der Waals surface area contributed by atoms with E-state index in [0.29, 0.717) is 45.2 Å². The van der Waals surface area contributed by atoms with E-state index < -0.39 is 11.9 Å². The van der Waals surface area contributed by atoms with Crippen molar-refractivity contribution >= 4 is 23.3 Å². The Kier molecular flexibility index (Phi) is 8.07. The molecule has 0 aliphatic rings. The Morgan fingerprint density at radius 1 is 0.952 bits per heavy atom. The number of aromatic amines is 1. The number of hydrogen-bond donors (Lipinski definition) is 3. The number of carbonyl (C=O) groups excluding carboxylic acids is 2. The summed E-state index contributed by atoms with van der Waals surface area (Å²) in [5.41, 5.74) is 4.81. The van der Waals surface area contributed by atoms with E-state index in [1.165, 1.54) is 7.11 Å². The number of aromatic nitrogens is 4. The van der Waals surface area contributed by atoms with Gasteiger partial charge in [0.1, 0.15) is 18.2 Å². The quantitative estimate of drug-likeness (QED) is 0.117. The van der Waals surface area contributed by atoms with Crippen molar-refractivity contribution in [3.8, 4) is 28.6 Å². The molecule has 0 amide bonds. The van der Waals surface area contributed by atoms with Gasteiger partial charge in [-0.2, -0.15) is 0 Å². The lowest BCUT2D eigenvalue weighted by molar-refractivity contribution is -0.0259. The number of fused-ring (bicyclic) bond motifs is 1. The molecule has 42 heavy (non-hydrogen) atoms. The maximum Gasteiger partial charge on any atom is 0.340 e. The summed E-state index contributed by atoms with van der Waals surface area (Å²) in [7, 11) is 1.33. The van der Waals surface area contributed by atoms with Gasteiger partial charge in [-0.05, 0) is 92.6 Å². The minimum atomic E-state index is -0.533. The molecule has 0 aliphatic carbocycles. The maximum atomic E-state index is 12.2. The van der Waals surface area contributed by atoms with Gasteiger partial charge < -0.3 is 29.4 Å². The predicted octanol–water partition coefficient (Wildman–Crippen LogP) is 5.13. The Hall–Kier alpha value is -5.36. The first-order valence-electron chi connectivity index (χ1n) is 12.9. The summed E-state index contributed by atoms with van der Waals surface area (Å²) in [5.74, 6) is 0.765. The van der Waals surface area contributed by atoms with Crippen molar-refractivity contribution in [1.82, 2.24) is 19.8 Å². The van der Waals surface area contributed by atoms with Crippen LogP contribution in [-0.2, 0) is 14.2 Å². The second-order valence-corrected chi connectivity index (χ2v) is 9.47. The van der Waals surface area contributed by atoms with Crippen molar-refractivity contribution < 1.29 is 33.6 Å². The van der Waals surface area contributed by atoms with Crippen molar-refractivity contribution in [2.75, 3.05) is 26.0 Å². The number of aryl methyl sites for hydroxylation is 3. The summed E-state index contributed by atoms with van der Waals surface area (Å²) in [5, 5.41) is 20.6. The van der Waals surface area contributed by atoms with Crippen LogP contribution in [0.2, 0.25) is 0 Å². The average molecular weight is 572 g/mol. The molecule has 12 nitrogen and oxygen atoms in total. The monoisotopic (exact) mass is 571 g/mol. The molecule has 5 aromatic rings. The molecule has 0 unspecified atom stereocenters. The SMILES string of the molecule is COC(=O)c1ccc(Oc2c(C)[nH]n3nc(-c4ccc(NCOCOC(=O)c5cc(C)c(O)c(C)c5)cc4)nc23)cc1. The van der Waals surface area contributed by atoms with Gasteiger partial charge in [0.05, 0.1) is 23.9 Å². The van der Waals surface area contributed by atoms with E-state index in [4.69, 9.17) is 18.9 Å². The van der Waals surface area contributed by atoms with E-state index in [1.807, 2.05) is 31.2 Å². The van der Waals surface area contributed by atoms with Gasteiger partial charge in [0, 0.05) is 11.3 Å². The zero-order valence-electron chi connectivity index (χ0n) is 23.4. The lowest BCUT2D eigenvalue weighted by atomic mass is 10.1. The number of phenols is 1. The molecule has 0 fully saturated rings. The fourth-order valence-corrected chi connectivity index (χ4v) is 4.22. The summed E-state index contributed by atoms with van der Waals surface area (Å²) < 4.78 is 22.9. The predicted molar refractivity (Wildman–Crippen MR) is 153 cm³/mol. The van der Waals surface area contributed by atoms with Crippen LogP contribution < -0.4 is 10.1 Å². The van der Waals surface area contributed by atoms with Crippen LogP contribution in [0.4, 0.5) is 5.69 Å². The van der Waals surface area contributed by atoms with Gasteiger partial charge in [-0.3, -0.25) is 5.10 Å². The highest BCUT2D eigenvalue weighted by atomic mass is 16.7. The molecule has 0 radical (unpaired) electrons. The number of methoxy groups -OCH3 is 1. The van der Waals surface area contributed by atoms with Crippen LogP contribution >= 0.6 is 0 Å². The van der Waals surface area contributed by atoms with Crippen LogP contribution in [-0.4, -0.2) is 57.5 Å². The molecule has 0 saturated heterocycles. The lowest BCUT2D eigenvalue weighted by Gasteiger charge is -2.10. The normalized spacial score (nSPS) is 11.0. The Balaban J connectivity index is 1.15. The van der Waals surface area contributed by atoms with E-state index in [-0.39, 0.29) is 19.3 Å². The third kappa shape index (κ3) is 6.03. The number of aromatic hydroxyl groups is 1. The first-order chi connectivity index (χ1) is 20.2. The number of nitrogens with one attached hydrogen (secondary N) is 2. The van der Waals surface area contributed by atoms with E-state index in [0.717, 1.165) is 16.9 Å². The van der Waals surface area contributed by atoms with Gasteiger partial charge in [-0.15, -0.1) is 9.73 Å². The third-order valence-corrected chi connectivity index (χ3v) is 6.44. The summed E-state index contributed by atoms with van der Waals surface area (Å²) >= 11 is 0. The molecule has 0 atom stereocenters. The van der Waals surface area contributed by atoms with Crippen LogP contribution in [0.25, 0.3) is 17.0 Å². The second-order valence-electron chi connectivity index (χ2n) is 9.47. The molecule has 0 aliphatic heterocycles. The van der Waals surface area contributed by atoms with E-state index in [2.05, 4.69) is 20.5 Å². The summed E-state index contributed by atoms with van der Waals surface area (Å²) in [6.07, 6.45) is 0. The van der Waals surface area contributed by atoms with Gasteiger partial charge in [-0.1, -0.05) is 0 Å². The van der Waals surface area contributed by atoms with Gasteiger partial charge >= 0.3 is 11.9 Å². The highest BCUT2D eigenvalue weighted by Crippen LogP contribution is 2.30. The Morgan fingerprint density at radius 2 is 1.64 bits per heavy atom. The number of phenolic OH excluding ortho intramolecular Hbond substituents is 1. The van der Waals surface area contributed by atoms with E-state index >= 15 is 0 Å². The first-order valence-corrected chi connectivity index (χ1v) is 12.9. The van der Waals surface area contributed by atoms with E-state index in [1.54, 1.807) is 54.9 Å². The first kappa shape index (κ1) is 28.2. The van der Waals surface area contributed by atoms with Crippen molar-refractivity contribution in [2.45, 2.75) is 20.8 Å². The number of esters is 2. The number of benzene rings is 3. The number of anilines is 1. The summed E-state index contributed by atoms with van der Waals surface area (Å²) in [6.45, 7) is 5.18. The number of H-pyrrole nitrogens is 1. The number of ether oxygens (including phenoxy) is 4. The fraction of sp³-hybridized carbons (Fsp3) is 0.200. The van der Waals surface area contributed by atoms with Gasteiger partial charge in [0.15, 0.2) is 18.4 Å². The molecule has 2 heterocycles. The topological polar surface area (TPSA) is 149 Å². The summed E-state index contributed by atoms with van der Waals surface area (Å²) in [6, 6.07) is 17.2. The largest absolute Gasteiger partial charge is 0.507 e. The van der Waals surface area contributed by atoms with Crippen molar-refractivity contribution in [3.63, 3.8) is 0 Å². The third-order valence-electron chi connectivity index (χ3n) is 6.44. The molecule has 12 heteroatoms. The van der Waals surface area contributed by atoms with Gasteiger partial charge in [-0.25, -0.2) is 14.6 Å². The number of rotatable bonds is 10. The van der Waals surface area contributed by atoms with Crippen LogP contribution in [0.5, 0.6) is 17.2 Å². The molecule has 3 aromatic carbocycles. The van der Waals surface area contributed by atoms with E-state index in [9.17, 15) is 14.7 Å². The number of hydrogen-bond acceptors (Lipinski definition) is 10. The highest BCUT2D eigenvalue weighted by Gasteiger charge is 2.17. The minimum absolute atomic E-state index is 0.118. The number of nitrogens with zero attached hydrogens (tertiary/aromatic N) is 3. The van der Waals surface area contributed by atoms with Gasteiger partial charge in [0.25, 0.3) is 0 Å². The Morgan fingerprint density at radius 3 is 2.31 bits per heavy atom. The van der Waals surface area contributed by atoms with Gasteiger partial charge in [0.2, 0.25) is 5.65 Å². The Labute approximate surface area is 240 Å². The summed E-state index contributed by atoms with van der Waals surface area (Å²) in [4.78, 5) is 28.6. The maximum absolute atomic E-state index is 12.2. The molecule has 216 valence electrons. The lowest BCUT2D eigenvalue weighted by Crippen LogP contribution is -2.13. The van der Waals surface area contributed by atoms with Crippen molar-refractivity contribution in [2.24, 2.45) is 0 Å². The van der Waals surface area contributed by atoms with Crippen LogP contribution in [0.1, 0.15) is 37.5 Å². The Bertz CT molecular complexity index is 1720. The highest BCUT2D eigenvalue weighted by molar-refractivity contribution is 5.90. The zero-order chi connectivity index (χ0) is 29.8. The van der Waals surface area contributed by atoms with Crippen LogP contribution in [0, 0.1) is 20.8 Å². The molecule has 3 N–H and O–H groups in total. The molecule has 5 rings (SSSR count). The van der Waals surface area contributed by atoms with Crippen molar-refractivity contribution in [1.29, 1.82) is 0 Å². The molecule has 2 aromatic heterocycles. The number of carbonyl (C=O) groups is 2. The van der Waals surface area contributed by atoms with Crippen LogP contribution in [0.3, 0.4) is 0 Å². The molecule has 0 saturated carbocycles. The second kappa shape index (κ2) is 12.0. The van der Waals surface area contributed by atoms with Crippen LogP contribution in [0.15, 0.2) is 60.7 Å². The molecule has 0 spiro atoms. The average Bonchev–Trinajstić information content (AvgIpc) is 3.53. The fourth-order valence-electron chi connectivity index (χ4n) is 4.22. The standard InChI is InChI=1S/C30H29N5O7/c1-17-13-22(14-18(2)25(17)36)30(38)41-16-40-15-31-23-9-5-20(6-10-23)27-32-28-26(19(3)33-35(28)34-27)42-24-11-7-21(8-12-24)29(37)39-4/h5-14,31,33,36H,15-16H2,1-4H3. The smallest absolute Gasteiger partial charge is 0.340 e.